The van der Waals surface area contributed by atoms with E-state index in [1.165, 1.54) is 0 Å². The van der Waals surface area contributed by atoms with E-state index in [1.807, 2.05) is 6.07 Å². The average Bonchev–Trinajstić information content (AvgIpc) is 2.64. The Balaban J connectivity index is 1.55. The van der Waals surface area contributed by atoms with Crippen LogP contribution in [0.5, 0.6) is 0 Å². The van der Waals surface area contributed by atoms with Crippen molar-refractivity contribution >= 4 is 29.5 Å². The fourth-order valence-electron chi connectivity index (χ4n) is 5.90. The van der Waals surface area contributed by atoms with Gasteiger partial charge in [0.25, 0.3) is 5.91 Å². The summed E-state index contributed by atoms with van der Waals surface area (Å²) in [6.07, 6.45) is 4.02. The quantitative estimate of drug-likeness (QED) is 0.564. The molecule has 0 radical (unpaired) electrons. The smallest absolute Gasteiger partial charge is 0.321 e. The van der Waals surface area contributed by atoms with Gasteiger partial charge in [-0.25, -0.2) is 4.79 Å². The zero-order chi connectivity index (χ0) is 20.6. The minimum absolute atomic E-state index is 0.325. The lowest BCUT2D eigenvalue weighted by Gasteiger charge is -2.58. The Morgan fingerprint density at radius 1 is 1.14 bits per heavy atom. The fraction of sp³-hybridized carbons (Fsp3) is 0.591. The number of benzene rings is 1. The highest BCUT2D eigenvalue weighted by Crippen LogP contribution is 2.64. The molecule has 0 spiro atoms. The van der Waals surface area contributed by atoms with Crippen molar-refractivity contribution < 1.29 is 19.1 Å². The summed E-state index contributed by atoms with van der Waals surface area (Å²) < 4.78 is 5.82. The number of urea groups is 1. The third kappa shape index (κ3) is 4.00. The predicted octanol–water partition coefficient (Wildman–Crippen LogP) is 3.69. The van der Waals surface area contributed by atoms with Crippen LogP contribution in [0.25, 0.3) is 0 Å². The van der Waals surface area contributed by atoms with Crippen molar-refractivity contribution in [2.45, 2.75) is 56.4 Å². The molecule has 0 saturated heterocycles. The minimum Gasteiger partial charge on any atom is -0.447 e. The molecule has 0 heterocycles. The van der Waals surface area contributed by atoms with Gasteiger partial charge in [0.2, 0.25) is 6.10 Å². The van der Waals surface area contributed by atoms with Crippen molar-refractivity contribution in [3.05, 3.63) is 35.9 Å². The van der Waals surface area contributed by atoms with E-state index in [4.69, 9.17) is 16.3 Å². The summed E-state index contributed by atoms with van der Waals surface area (Å²) in [5.74, 6) is -0.126. The number of hydrogen-bond donors (Lipinski definition) is 2. The zero-order valence-electron chi connectivity index (χ0n) is 16.6. The largest absolute Gasteiger partial charge is 0.447 e. The number of esters is 1. The molecule has 2 unspecified atom stereocenters. The summed E-state index contributed by atoms with van der Waals surface area (Å²) in [5, 5.41) is 4.79. The molecule has 1 aromatic rings. The number of alkyl halides is 1. The molecule has 7 heteroatoms. The summed E-state index contributed by atoms with van der Waals surface area (Å²) in [7, 11) is 0. The molecule has 4 saturated carbocycles. The molecule has 4 fully saturated rings. The lowest BCUT2D eigenvalue weighted by Crippen LogP contribution is -2.56. The Morgan fingerprint density at radius 3 is 2.38 bits per heavy atom. The Bertz CT molecular complexity index is 798. The SMILES string of the molecule is CCNC(=O)NC(=O)[C@H](OC(=O)C12C[C@@H]3C[C@@H](CC(Cl)(C3)C1)C2)c1ccccc1. The van der Waals surface area contributed by atoms with Gasteiger partial charge >= 0.3 is 12.0 Å². The van der Waals surface area contributed by atoms with Crippen molar-refractivity contribution in [2.75, 3.05) is 6.54 Å². The van der Waals surface area contributed by atoms with Gasteiger partial charge in [0.15, 0.2) is 0 Å². The maximum absolute atomic E-state index is 13.4. The van der Waals surface area contributed by atoms with E-state index >= 15 is 0 Å². The fourth-order valence-corrected chi connectivity index (χ4v) is 6.60. The maximum Gasteiger partial charge on any atom is 0.321 e. The number of hydrogen-bond acceptors (Lipinski definition) is 4. The van der Waals surface area contributed by atoms with E-state index in [9.17, 15) is 14.4 Å². The monoisotopic (exact) mass is 418 g/mol. The molecule has 0 aliphatic heterocycles. The summed E-state index contributed by atoms with van der Waals surface area (Å²) in [5.41, 5.74) is -0.0851. The normalized spacial score (nSPS) is 33.0. The van der Waals surface area contributed by atoms with Gasteiger partial charge in [-0.1, -0.05) is 30.3 Å². The molecule has 3 amide bonds. The molecular formula is C22H27ClN2O4. The minimum atomic E-state index is -1.18. The Hall–Kier alpha value is -2.08. The van der Waals surface area contributed by atoms with Gasteiger partial charge in [-0.2, -0.15) is 0 Å². The Labute approximate surface area is 175 Å². The van der Waals surface area contributed by atoms with Crippen molar-refractivity contribution in [1.29, 1.82) is 0 Å². The van der Waals surface area contributed by atoms with Crippen LogP contribution in [0.3, 0.4) is 0 Å². The van der Waals surface area contributed by atoms with Gasteiger partial charge in [-0.05, 0) is 57.3 Å². The predicted molar refractivity (Wildman–Crippen MR) is 108 cm³/mol. The van der Waals surface area contributed by atoms with E-state index in [-0.39, 0.29) is 10.8 Å². The maximum atomic E-state index is 13.4. The summed E-state index contributed by atoms with van der Waals surface area (Å²) >= 11 is 6.84. The second kappa shape index (κ2) is 7.63. The van der Waals surface area contributed by atoms with Gasteiger partial charge < -0.3 is 10.1 Å². The molecule has 4 aliphatic carbocycles. The molecule has 4 bridgehead atoms. The first-order valence-electron chi connectivity index (χ1n) is 10.4. The van der Waals surface area contributed by atoms with Gasteiger partial charge in [-0.3, -0.25) is 14.9 Å². The van der Waals surface area contributed by atoms with Crippen LogP contribution in [0.4, 0.5) is 4.79 Å². The number of imide groups is 1. The average molecular weight is 419 g/mol. The van der Waals surface area contributed by atoms with Crippen LogP contribution < -0.4 is 10.6 Å². The number of carbonyl (C=O) groups excluding carboxylic acids is 3. The lowest BCUT2D eigenvalue weighted by atomic mass is 9.49. The van der Waals surface area contributed by atoms with Crippen molar-refractivity contribution in [1.82, 2.24) is 10.6 Å². The van der Waals surface area contributed by atoms with Gasteiger partial charge in [0.1, 0.15) is 0 Å². The van der Waals surface area contributed by atoms with Crippen LogP contribution in [0.2, 0.25) is 0 Å². The van der Waals surface area contributed by atoms with E-state index in [1.54, 1.807) is 31.2 Å². The van der Waals surface area contributed by atoms with Crippen LogP contribution in [-0.4, -0.2) is 29.3 Å². The topological polar surface area (TPSA) is 84.5 Å². The summed E-state index contributed by atoms with van der Waals surface area (Å²) in [4.78, 5) is 37.7. The highest BCUT2D eigenvalue weighted by atomic mass is 35.5. The molecule has 29 heavy (non-hydrogen) atoms. The number of ether oxygens (including phenoxy) is 1. The third-order valence-corrected chi connectivity index (χ3v) is 7.00. The van der Waals surface area contributed by atoms with E-state index < -0.39 is 23.5 Å². The Kier molecular flexibility index (Phi) is 5.32. The second-order valence-electron chi connectivity index (χ2n) is 8.94. The first-order chi connectivity index (χ1) is 13.8. The number of rotatable bonds is 5. The van der Waals surface area contributed by atoms with E-state index in [0.29, 0.717) is 30.4 Å². The van der Waals surface area contributed by atoms with Crippen molar-refractivity contribution in [3.8, 4) is 0 Å². The highest BCUT2D eigenvalue weighted by molar-refractivity contribution is 6.24. The van der Waals surface area contributed by atoms with Crippen molar-refractivity contribution in [2.24, 2.45) is 17.3 Å². The number of carbonyl (C=O) groups is 3. The first kappa shape index (κ1) is 20.2. The van der Waals surface area contributed by atoms with Crippen LogP contribution >= 0.6 is 11.6 Å². The number of nitrogens with one attached hydrogen (secondary N) is 2. The van der Waals surface area contributed by atoms with E-state index in [0.717, 1.165) is 32.1 Å². The molecule has 4 aliphatic rings. The standard InChI is InChI=1S/C22H27ClN2O4/c1-2-24-20(28)25-18(26)17(16-6-4-3-5-7-16)29-19(27)21-9-14-8-15(10-21)12-22(23,11-14)13-21/h3-7,14-15,17H,2,8-13H2,1H3,(H2,24,25,26,28)/t14-,15+,17-,21?,22?/m1/s1. The van der Waals surface area contributed by atoms with E-state index in [2.05, 4.69) is 10.6 Å². The molecular weight excluding hydrogens is 392 g/mol. The number of halogens is 1. The molecule has 6 nitrogen and oxygen atoms in total. The molecule has 156 valence electrons. The molecule has 1 aromatic carbocycles. The number of amides is 3. The van der Waals surface area contributed by atoms with Gasteiger partial charge in [0.05, 0.1) is 5.41 Å². The van der Waals surface area contributed by atoms with Gasteiger partial charge in [0, 0.05) is 17.0 Å². The molecule has 2 N–H and O–H groups in total. The third-order valence-electron chi connectivity index (χ3n) is 6.56. The van der Waals surface area contributed by atoms with Gasteiger partial charge in [-0.15, -0.1) is 11.6 Å². The van der Waals surface area contributed by atoms with Crippen LogP contribution in [0.1, 0.15) is 57.1 Å². The van der Waals surface area contributed by atoms with Crippen LogP contribution in [0.15, 0.2) is 30.3 Å². The van der Waals surface area contributed by atoms with Crippen molar-refractivity contribution in [3.63, 3.8) is 0 Å². The molecule has 0 aromatic heterocycles. The zero-order valence-corrected chi connectivity index (χ0v) is 17.3. The first-order valence-corrected chi connectivity index (χ1v) is 10.7. The Morgan fingerprint density at radius 2 is 1.79 bits per heavy atom. The highest BCUT2D eigenvalue weighted by Gasteiger charge is 2.61. The molecule has 5 atom stereocenters. The molecule has 5 rings (SSSR count). The summed E-state index contributed by atoms with van der Waals surface area (Å²) in [6, 6.07) is 8.20. The van der Waals surface area contributed by atoms with Crippen LogP contribution in [-0.2, 0) is 14.3 Å². The van der Waals surface area contributed by atoms with Crippen LogP contribution in [0, 0.1) is 17.3 Å². The second-order valence-corrected chi connectivity index (χ2v) is 9.74. The summed E-state index contributed by atoms with van der Waals surface area (Å²) in [6.45, 7) is 2.15. The lowest BCUT2D eigenvalue weighted by molar-refractivity contribution is -0.178.